The summed E-state index contributed by atoms with van der Waals surface area (Å²) in [5.41, 5.74) is 3.47. The van der Waals surface area contributed by atoms with Gasteiger partial charge >= 0.3 is 6.03 Å². The molecule has 178 valence electrons. The molecule has 1 unspecified atom stereocenters. The second-order valence-corrected chi connectivity index (χ2v) is 10.6. The first kappa shape index (κ1) is 22.5. The zero-order valence-corrected chi connectivity index (χ0v) is 19.5. The van der Waals surface area contributed by atoms with E-state index in [1.54, 1.807) is 36.7 Å². The summed E-state index contributed by atoms with van der Waals surface area (Å²) in [5.74, 6) is 1.57. The van der Waals surface area contributed by atoms with Gasteiger partial charge in [-0.1, -0.05) is 0 Å². The van der Waals surface area contributed by atoms with Crippen LogP contribution in [0.2, 0.25) is 0 Å². The molecule has 1 atom stereocenters. The number of pyridine rings is 1. The van der Waals surface area contributed by atoms with Crippen LogP contribution in [0.1, 0.15) is 18.2 Å². The highest BCUT2D eigenvalue weighted by atomic mass is 32.3. The number of benzene rings is 1. The normalized spacial score (nSPS) is 19.9. The van der Waals surface area contributed by atoms with E-state index < -0.39 is 10.6 Å². The van der Waals surface area contributed by atoms with Crippen LogP contribution in [0.5, 0.6) is 0 Å². The number of hydrogen-bond donors (Lipinski definition) is 4. The summed E-state index contributed by atoms with van der Waals surface area (Å²) in [6.07, 6.45) is 3.20. The van der Waals surface area contributed by atoms with Crippen molar-refractivity contribution in [3.63, 3.8) is 0 Å². The number of nitrogens with zero attached hydrogens (tertiary/aromatic N) is 4. The molecule has 10 nitrogen and oxygen atoms in total. The Balaban J connectivity index is 1.39. The Bertz CT molecular complexity index is 1190. The van der Waals surface area contributed by atoms with Gasteiger partial charge in [-0.15, -0.1) is 0 Å². The van der Waals surface area contributed by atoms with Crippen molar-refractivity contribution in [1.82, 2.24) is 15.0 Å². The van der Waals surface area contributed by atoms with Gasteiger partial charge in [0.1, 0.15) is 5.82 Å². The van der Waals surface area contributed by atoms with Crippen LogP contribution in [0, 0.1) is 0 Å². The Hall–Kier alpha value is -3.25. The van der Waals surface area contributed by atoms with Crippen LogP contribution in [0.4, 0.5) is 22.0 Å². The Kier molecular flexibility index (Phi) is 6.09. The molecule has 11 heteroatoms. The molecular formula is C23H26N6O4S. The number of aromatic nitrogens is 3. The first-order valence-electron chi connectivity index (χ1n) is 10.9. The van der Waals surface area contributed by atoms with Crippen molar-refractivity contribution in [2.24, 2.45) is 0 Å². The molecule has 34 heavy (non-hydrogen) atoms. The van der Waals surface area contributed by atoms with E-state index in [9.17, 15) is 13.9 Å². The molecule has 2 amide bonds. The maximum absolute atomic E-state index is 12.2. The van der Waals surface area contributed by atoms with Crippen LogP contribution >= 0.6 is 10.6 Å². The summed E-state index contributed by atoms with van der Waals surface area (Å²) in [7, 11) is -2.75. The van der Waals surface area contributed by atoms with Crippen molar-refractivity contribution in [3.8, 4) is 11.4 Å². The topological polar surface area (TPSA) is 133 Å². The quantitative estimate of drug-likeness (QED) is 0.435. The summed E-state index contributed by atoms with van der Waals surface area (Å²) in [6.45, 7) is 3.93. The summed E-state index contributed by atoms with van der Waals surface area (Å²) in [6, 6.07) is 10.5. The smallest absolute Gasteiger partial charge is 0.323 e. The summed E-state index contributed by atoms with van der Waals surface area (Å²) in [5, 5.41) is 5.51. The molecule has 5 rings (SSSR count). The van der Waals surface area contributed by atoms with Crippen molar-refractivity contribution < 1.29 is 18.6 Å². The van der Waals surface area contributed by atoms with E-state index in [2.05, 4.69) is 32.4 Å². The van der Waals surface area contributed by atoms with E-state index >= 15 is 0 Å². The number of urea groups is 1. The fraction of sp³-hybridized carbons (Fsp3) is 0.304. The third-order valence-electron chi connectivity index (χ3n) is 5.77. The number of amides is 2. The third kappa shape index (κ3) is 4.82. The van der Waals surface area contributed by atoms with Crippen molar-refractivity contribution in [1.29, 1.82) is 0 Å². The summed E-state index contributed by atoms with van der Waals surface area (Å²) < 4.78 is 26.3. The van der Waals surface area contributed by atoms with E-state index in [1.165, 1.54) is 0 Å². The number of carbonyl (C=O) groups excluding carboxylic acids is 1. The Labute approximate surface area is 198 Å². The van der Waals surface area contributed by atoms with Crippen LogP contribution in [-0.2, 0) is 16.2 Å². The van der Waals surface area contributed by atoms with Crippen LogP contribution in [-0.4, -0.2) is 55.9 Å². The highest BCUT2D eigenvalue weighted by molar-refractivity contribution is 8.23. The monoisotopic (exact) mass is 482 g/mol. The van der Waals surface area contributed by atoms with Gasteiger partial charge in [0.15, 0.2) is 5.82 Å². The van der Waals surface area contributed by atoms with Gasteiger partial charge in [-0.2, -0.15) is 10.6 Å². The Morgan fingerprint density at radius 1 is 1.12 bits per heavy atom. The van der Waals surface area contributed by atoms with Crippen LogP contribution in [0.15, 0.2) is 48.8 Å². The average molecular weight is 483 g/mol. The molecule has 1 fully saturated rings. The molecule has 2 aliphatic rings. The molecule has 2 aromatic heterocycles. The van der Waals surface area contributed by atoms with Gasteiger partial charge in [-0.3, -0.25) is 14.1 Å². The Morgan fingerprint density at radius 3 is 2.65 bits per heavy atom. The number of anilines is 3. The maximum Gasteiger partial charge on any atom is 0.323 e. The fourth-order valence-electron chi connectivity index (χ4n) is 4.13. The maximum atomic E-state index is 12.2. The van der Waals surface area contributed by atoms with Crippen molar-refractivity contribution in [3.05, 3.63) is 60.0 Å². The molecular weight excluding hydrogens is 456 g/mol. The van der Waals surface area contributed by atoms with Gasteiger partial charge in [0.25, 0.3) is 0 Å². The van der Waals surface area contributed by atoms with Gasteiger partial charge in [0, 0.05) is 29.6 Å². The number of morpholine rings is 1. The van der Waals surface area contributed by atoms with E-state index in [0.29, 0.717) is 42.7 Å². The molecule has 2 aliphatic heterocycles. The SMILES string of the molecule is CC1COCCN1c1nc(-c2ccc(NC(=O)Nc3cccnc3)cc2)nc2c1CS(O)(O)C2. The number of nitrogens with one attached hydrogen (secondary N) is 2. The van der Waals surface area contributed by atoms with Crippen molar-refractivity contribution in [2.45, 2.75) is 24.5 Å². The molecule has 0 saturated carbocycles. The lowest BCUT2D eigenvalue weighted by atomic mass is 10.1. The predicted octanol–water partition coefficient (Wildman–Crippen LogP) is 4.17. The second kappa shape index (κ2) is 9.18. The number of fused-ring (bicyclic) bond motifs is 1. The van der Waals surface area contributed by atoms with Gasteiger partial charge < -0.3 is 20.3 Å². The van der Waals surface area contributed by atoms with Crippen LogP contribution < -0.4 is 15.5 Å². The molecule has 0 bridgehead atoms. The molecule has 0 spiro atoms. The predicted molar refractivity (Wildman–Crippen MR) is 132 cm³/mol. The molecule has 0 radical (unpaired) electrons. The number of carbonyl (C=O) groups is 1. The first-order valence-corrected chi connectivity index (χ1v) is 12.8. The van der Waals surface area contributed by atoms with Gasteiger partial charge in [0.05, 0.1) is 48.3 Å². The van der Waals surface area contributed by atoms with Gasteiger partial charge in [-0.25, -0.2) is 14.8 Å². The zero-order chi connectivity index (χ0) is 23.7. The Morgan fingerprint density at radius 2 is 1.91 bits per heavy atom. The van der Waals surface area contributed by atoms with Gasteiger partial charge in [0.2, 0.25) is 0 Å². The summed E-state index contributed by atoms with van der Waals surface area (Å²) >= 11 is 0. The number of ether oxygens (including phenoxy) is 1. The first-order chi connectivity index (χ1) is 16.4. The average Bonchev–Trinajstić information content (AvgIpc) is 3.14. The molecule has 3 aromatic rings. The molecule has 0 aliphatic carbocycles. The number of hydrogen-bond acceptors (Lipinski definition) is 8. The largest absolute Gasteiger partial charge is 0.377 e. The molecule has 1 saturated heterocycles. The van der Waals surface area contributed by atoms with E-state index in [0.717, 1.165) is 16.9 Å². The second-order valence-electron chi connectivity index (χ2n) is 8.40. The minimum atomic E-state index is -2.75. The highest BCUT2D eigenvalue weighted by Gasteiger charge is 2.34. The van der Waals surface area contributed by atoms with Crippen LogP contribution in [0.25, 0.3) is 11.4 Å². The standard InChI is InChI=1S/C23H26N6O4S/c1-15-12-33-10-9-29(15)22-19-13-34(31,32)14-20(19)27-21(28-22)16-4-6-17(7-5-16)25-23(30)26-18-3-2-8-24-11-18/h2-8,11,15,31-32H,9-10,12-14H2,1H3,(H2,25,26,30). The molecule has 4 heterocycles. The highest BCUT2D eigenvalue weighted by Crippen LogP contribution is 2.54. The minimum absolute atomic E-state index is 0.118. The lowest BCUT2D eigenvalue weighted by Crippen LogP contribution is -2.44. The molecule has 1 aromatic carbocycles. The lowest BCUT2D eigenvalue weighted by Gasteiger charge is -2.35. The summed E-state index contributed by atoms with van der Waals surface area (Å²) in [4.78, 5) is 27.9. The van der Waals surface area contributed by atoms with E-state index in [1.807, 2.05) is 12.1 Å². The fourth-order valence-corrected chi connectivity index (χ4v) is 5.66. The van der Waals surface area contributed by atoms with Gasteiger partial charge in [-0.05, 0) is 43.3 Å². The van der Waals surface area contributed by atoms with Crippen LogP contribution in [0.3, 0.4) is 0 Å². The zero-order valence-electron chi connectivity index (χ0n) is 18.6. The van der Waals surface area contributed by atoms with E-state index in [4.69, 9.17) is 9.72 Å². The van der Waals surface area contributed by atoms with Crippen molar-refractivity contribution in [2.75, 3.05) is 35.3 Å². The third-order valence-corrected chi connectivity index (χ3v) is 7.26. The minimum Gasteiger partial charge on any atom is -0.377 e. The van der Waals surface area contributed by atoms with E-state index in [-0.39, 0.29) is 23.6 Å². The lowest BCUT2D eigenvalue weighted by molar-refractivity contribution is 0.0984. The van der Waals surface area contributed by atoms with Crippen molar-refractivity contribution >= 4 is 33.8 Å². The number of rotatable bonds is 4. The molecule has 4 N–H and O–H groups in total.